The van der Waals surface area contributed by atoms with E-state index in [0.29, 0.717) is 13.1 Å². The Balaban J connectivity index is 1.78. The van der Waals surface area contributed by atoms with Crippen molar-refractivity contribution in [2.24, 2.45) is 4.99 Å². The highest BCUT2D eigenvalue weighted by Gasteiger charge is 2.42. The van der Waals surface area contributed by atoms with E-state index in [1.54, 1.807) is 0 Å². The minimum Gasteiger partial charge on any atom is -0.357 e. The second-order valence-electron chi connectivity index (χ2n) is 9.05. The molecule has 1 N–H and O–H groups in total. The van der Waals surface area contributed by atoms with Crippen molar-refractivity contribution in [3.8, 4) is 0 Å². The molecule has 0 aromatic carbocycles. The molecule has 0 amide bonds. The molecule has 162 valence electrons. The third kappa shape index (κ3) is 4.81. The molecule has 0 unspecified atom stereocenters. The van der Waals surface area contributed by atoms with Gasteiger partial charge >= 0.3 is 0 Å². The first-order valence-corrected chi connectivity index (χ1v) is 13.7. The van der Waals surface area contributed by atoms with Crippen molar-refractivity contribution in [2.75, 3.05) is 56.5 Å². The Morgan fingerprint density at radius 2 is 1.79 bits per heavy atom. The van der Waals surface area contributed by atoms with Crippen LogP contribution in [0.15, 0.2) is 4.99 Å². The Bertz CT molecular complexity index is 651. The fourth-order valence-corrected chi connectivity index (χ4v) is 7.06. The molecule has 3 aliphatic rings. The van der Waals surface area contributed by atoms with Crippen molar-refractivity contribution in [1.82, 2.24) is 15.1 Å². The lowest BCUT2D eigenvalue weighted by atomic mass is 9.80. The first kappa shape index (κ1) is 22.2. The fourth-order valence-electron chi connectivity index (χ4n) is 4.79. The molecule has 6 nitrogen and oxygen atoms in total. The van der Waals surface area contributed by atoms with Gasteiger partial charge in [0.15, 0.2) is 15.8 Å². The summed E-state index contributed by atoms with van der Waals surface area (Å²) in [4.78, 5) is 9.98. The molecule has 0 radical (unpaired) electrons. The summed E-state index contributed by atoms with van der Waals surface area (Å²) in [6.07, 6.45) is 6.41. The number of nitrogens with zero attached hydrogens (tertiary/aromatic N) is 3. The van der Waals surface area contributed by atoms with E-state index in [-0.39, 0.29) is 11.3 Å². The Labute approximate surface area is 175 Å². The van der Waals surface area contributed by atoms with Crippen molar-refractivity contribution in [3.63, 3.8) is 0 Å². The first-order chi connectivity index (χ1) is 13.3. The third-order valence-electron chi connectivity index (χ3n) is 6.67. The highest BCUT2D eigenvalue weighted by Crippen LogP contribution is 2.35. The number of sulfone groups is 1. The maximum atomic E-state index is 12.4. The van der Waals surface area contributed by atoms with Crippen LogP contribution in [-0.4, -0.2) is 91.0 Å². The van der Waals surface area contributed by atoms with Gasteiger partial charge in [0.1, 0.15) is 0 Å². The maximum absolute atomic E-state index is 12.4. The zero-order valence-electron chi connectivity index (χ0n) is 17.9. The fraction of sp³-hybridized carbons (Fsp3) is 0.950. The van der Waals surface area contributed by atoms with E-state index in [1.807, 2.05) is 13.8 Å². The lowest BCUT2D eigenvalue weighted by Crippen LogP contribution is -2.58. The monoisotopic (exact) mass is 430 g/mol. The smallest absolute Gasteiger partial charge is 0.194 e. The van der Waals surface area contributed by atoms with Gasteiger partial charge in [-0.3, -0.25) is 9.89 Å². The van der Waals surface area contributed by atoms with Crippen LogP contribution >= 0.6 is 11.8 Å². The number of rotatable bonds is 4. The molecular formula is C20H38N4O2S2. The number of thioether (sulfide) groups is 1. The summed E-state index contributed by atoms with van der Waals surface area (Å²) in [5, 5.41) is 3.44. The minimum atomic E-state index is -3.04. The average molecular weight is 431 g/mol. The van der Waals surface area contributed by atoms with Crippen LogP contribution in [0.25, 0.3) is 0 Å². The van der Waals surface area contributed by atoms with E-state index < -0.39 is 14.6 Å². The van der Waals surface area contributed by atoms with Crippen LogP contribution in [0.5, 0.6) is 0 Å². The highest BCUT2D eigenvalue weighted by molar-refractivity contribution is 7.99. The standard InChI is InChI=1S/C20H38N4O2S2/c1-4-21-18(23-12-15-28(25,26)19(2,3)17-23)22-16-20(8-6-5-7-9-20)24-10-13-27-14-11-24/h4-17H2,1-3H3,(H,21,22). The molecule has 2 saturated heterocycles. The summed E-state index contributed by atoms with van der Waals surface area (Å²) in [7, 11) is -3.04. The van der Waals surface area contributed by atoms with Gasteiger partial charge in [-0.05, 0) is 33.6 Å². The lowest BCUT2D eigenvalue weighted by Gasteiger charge is -2.47. The number of hydrogen-bond donors (Lipinski definition) is 1. The summed E-state index contributed by atoms with van der Waals surface area (Å²) in [5.74, 6) is 3.55. The number of hydrogen-bond acceptors (Lipinski definition) is 5. The van der Waals surface area contributed by atoms with Crippen LogP contribution in [0.4, 0.5) is 0 Å². The highest BCUT2D eigenvalue weighted by atomic mass is 32.2. The van der Waals surface area contributed by atoms with Gasteiger partial charge in [-0.2, -0.15) is 11.8 Å². The summed E-state index contributed by atoms with van der Waals surface area (Å²) >= 11 is 2.06. The van der Waals surface area contributed by atoms with Crippen LogP contribution in [0, 0.1) is 0 Å². The molecule has 0 bridgehead atoms. The molecule has 1 saturated carbocycles. The van der Waals surface area contributed by atoms with Gasteiger partial charge in [-0.25, -0.2) is 8.42 Å². The summed E-state index contributed by atoms with van der Waals surface area (Å²) in [6.45, 7) is 10.8. The van der Waals surface area contributed by atoms with Gasteiger partial charge in [0.2, 0.25) is 0 Å². The molecule has 0 atom stereocenters. The van der Waals surface area contributed by atoms with Crippen molar-refractivity contribution in [2.45, 2.75) is 63.2 Å². The summed E-state index contributed by atoms with van der Waals surface area (Å²) < 4.78 is 24.1. The molecule has 3 fully saturated rings. The zero-order valence-corrected chi connectivity index (χ0v) is 19.5. The number of guanidine groups is 1. The van der Waals surface area contributed by atoms with E-state index in [1.165, 1.54) is 56.7 Å². The van der Waals surface area contributed by atoms with Crippen molar-refractivity contribution in [1.29, 1.82) is 0 Å². The summed E-state index contributed by atoms with van der Waals surface area (Å²) in [6, 6.07) is 0. The average Bonchev–Trinajstić information content (AvgIpc) is 2.69. The Morgan fingerprint density at radius 1 is 1.11 bits per heavy atom. The molecule has 28 heavy (non-hydrogen) atoms. The normalized spacial score (nSPS) is 28.1. The molecule has 8 heteroatoms. The van der Waals surface area contributed by atoms with Gasteiger partial charge in [0.25, 0.3) is 0 Å². The second-order valence-corrected chi connectivity index (χ2v) is 13.0. The SMILES string of the molecule is CCNC(=NCC1(N2CCSCC2)CCCCC1)N1CCS(=O)(=O)C(C)(C)C1. The Morgan fingerprint density at radius 3 is 2.39 bits per heavy atom. The summed E-state index contributed by atoms with van der Waals surface area (Å²) in [5.41, 5.74) is 0.192. The van der Waals surface area contributed by atoms with Gasteiger partial charge in [-0.1, -0.05) is 19.3 Å². The van der Waals surface area contributed by atoms with Gasteiger partial charge < -0.3 is 10.2 Å². The molecule has 0 aromatic rings. The Kier molecular flexibility index (Phi) is 7.24. The van der Waals surface area contributed by atoms with Crippen molar-refractivity contribution >= 4 is 27.6 Å². The molecule has 1 aliphatic carbocycles. The van der Waals surface area contributed by atoms with E-state index in [2.05, 4.69) is 33.8 Å². The molecule has 2 heterocycles. The molecule has 2 aliphatic heterocycles. The maximum Gasteiger partial charge on any atom is 0.194 e. The topological polar surface area (TPSA) is 65.0 Å². The molecule has 0 aromatic heterocycles. The lowest BCUT2D eigenvalue weighted by molar-refractivity contribution is 0.0669. The van der Waals surface area contributed by atoms with E-state index >= 15 is 0 Å². The van der Waals surface area contributed by atoms with Crippen LogP contribution in [0.3, 0.4) is 0 Å². The molecule has 3 rings (SSSR count). The molecular weight excluding hydrogens is 392 g/mol. The van der Waals surface area contributed by atoms with Gasteiger partial charge in [-0.15, -0.1) is 0 Å². The predicted molar refractivity (Wildman–Crippen MR) is 120 cm³/mol. The first-order valence-electron chi connectivity index (χ1n) is 10.9. The van der Waals surface area contributed by atoms with Crippen molar-refractivity contribution in [3.05, 3.63) is 0 Å². The minimum absolute atomic E-state index is 0.192. The van der Waals surface area contributed by atoms with Crippen LogP contribution in [0.2, 0.25) is 0 Å². The largest absolute Gasteiger partial charge is 0.357 e. The van der Waals surface area contributed by atoms with Gasteiger partial charge in [0, 0.05) is 49.8 Å². The quantitative estimate of drug-likeness (QED) is 0.545. The second kappa shape index (κ2) is 9.13. The number of nitrogens with one attached hydrogen (secondary N) is 1. The van der Waals surface area contributed by atoms with Gasteiger partial charge in [0.05, 0.1) is 17.0 Å². The van der Waals surface area contributed by atoms with E-state index in [4.69, 9.17) is 4.99 Å². The number of aliphatic imine (C=N–C) groups is 1. The molecule has 0 spiro atoms. The predicted octanol–water partition coefficient (Wildman–Crippen LogP) is 2.21. The van der Waals surface area contributed by atoms with Crippen LogP contribution in [-0.2, 0) is 9.84 Å². The van der Waals surface area contributed by atoms with E-state index in [0.717, 1.165) is 19.0 Å². The Hall–Kier alpha value is -0.470. The van der Waals surface area contributed by atoms with E-state index in [9.17, 15) is 8.42 Å². The zero-order chi connectivity index (χ0) is 20.3. The van der Waals surface area contributed by atoms with Crippen LogP contribution < -0.4 is 5.32 Å². The van der Waals surface area contributed by atoms with Crippen LogP contribution in [0.1, 0.15) is 52.9 Å². The van der Waals surface area contributed by atoms with Crippen molar-refractivity contribution < 1.29 is 8.42 Å². The third-order valence-corrected chi connectivity index (χ3v) is 10.1.